The second-order valence-corrected chi connectivity index (χ2v) is 7.18. The van der Waals surface area contributed by atoms with E-state index in [0.717, 1.165) is 24.6 Å². The molecule has 1 fully saturated rings. The SMILES string of the molecule is CC1=CC(c2ccc(F)cc2C#N)=NC2=C(C(=O)O)CN([C@@H](C)C3CC3)N12. The first-order chi connectivity index (χ1) is 12.9. The van der Waals surface area contributed by atoms with E-state index in [0.29, 0.717) is 29.6 Å². The van der Waals surface area contributed by atoms with E-state index >= 15 is 0 Å². The number of carboxylic acids is 1. The molecular formula is C20H19FN4O2. The molecule has 7 heteroatoms. The molecule has 0 radical (unpaired) electrons. The number of nitriles is 1. The topological polar surface area (TPSA) is 79.9 Å². The number of hydrazine groups is 1. The molecule has 1 aromatic rings. The van der Waals surface area contributed by atoms with Crippen LogP contribution in [0.1, 0.15) is 37.8 Å². The lowest BCUT2D eigenvalue weighted by Crippen LogP contribution is -2.44. The molecule has 0 aromatic heterocycles. The lowest BCUT2D eigenvalue weighted by atomic mass is 10.0. The van der Waals surface area contributed by atoms with Crippen LogP contribution in [0.15, 0.2) is 46.4 Å². The zero-order valence-corrected chi connectivity index (χ0v) is 15.1. The third-order valence-corrected chi connectivity index (χ3v) is 5.36. The molecule has 0 unspecified atom stereocenters. The molecule has 1 N–H and O–H groups in total. The summed E-state index contributed by atoms with van der Waals surface area (Å²) in [5.74, 6) is -0.555. The maximum Gasteiger partial charge on any atom is 0.336 e. The van der Waals surface area contributed by atoms with Gasteiger partial charge < -0.3 is 5.11 Å². The summed E-state index contributed by atoms with van der Waals surface area (Å²) in [6, 6.07) is 6.15. The zero-order valence-electron chi connectivity index (χ0n) is 15.1. The number of carboxylic acid groups (broad SMARTS) is 1. The number of aliphatic imine (C=N–C) groups is 1. The molecule has 2 aliphatic heterocycles. The Balaban J connectivity index is 1.80. The van der Waals surface area contributed by atoms with Gasteiger partial charge in [-0.3, -0.25) is 5.01 Å². The third kappa shape index (κ3) is 2.92. The molecule has 1 aromatic carbocycles. The van der Waals surface area contributed by atoms with Gasteiger partial charge in [-0.2, -0.15) is 5.26 Å². The minimum Gasteiger partial charge on any atom is -0.478 e. The summed E-state index contributed by atoms with van der Waals surface area (Å²) in [6.45, 7) is 4.29. The molecule has 3 aliphatic rings. The normalized spacial score (nSPS) is 20.7. The maximum atomic E-state index is 13.5. The summed E-state index contributed by atoms with van der Waals surface area (Å²) in [6.07, 6.45) is 4.12. The molecule has 138 valence electrons. The van der Waals surface area contributed by atoms with E-state index in [1.54, 1.807) is 0 Å². The number of hydrogen-bond donors (Lipinski definition) is 1. The van der Waals surface area contributed by atoms with Gasteiger partial charge in [0, 0.05) is 17.3 Å². The molecule has 1 saturated carbocycles. The molecule has 2 heterocycles. The smallest absolute Gasteiger partial charge is 0.336 e. The first-order valence-corrected chi connectivity index (χ1v) is 8.91. The summed E-state index contributed by atoms with van der Waals surface area (Å²) in [5, 5.41) is 22.9. The number of fused-ring (bicyclic) bond motifs is 1. The number of hydrogen-bond acceptors (Lipinski definition) is 5. The van der Waals surface area contributed by atoms with Crippen LogP contribution >= 0.6 is 0 Å². The summed E-state index contributed by atoms with van der Waals surface area (Å²) >= 11 is 0. The third-order valence-electron chi connectivity index (χ3n) is 5.36. The van der Waals surface area contributed by atoms with Gasteiger partial charge in [-0.1, -0.05) is 0 Å². The van der Waals surface area contributed by atoms with Gasteiger partial charge >= 0.3 is 5.97 Å². The van der Waals surface area contributed by atoms with Crippen LogP contribution in [0.5, 0.6) is 0 Å². The second kappa shape index (κ2) is 6.32. The molecule has 0 spiro atoms. The monoisotopic (exact) mass is 366 g/mol. The summed E-state index contributed by atoms with van der Waals surface area (Å²) < 4.78 is 13.5. The predicted octanol–water partition coefficient (Wildman–Crippen LogP) is 3.03. The van der Waals surface area contributed by atoms with Gasteiger partial charge in [0.2, 0.25) is 0 Å². The zero-order chi connectivity index (χ0) is 19.3. The van der Waals surface area contributed by atoms with Crippen molar-refractivity contribution in [1.82, 2.24) is 10.0 Å². The van der Waals surface area contributed by atoms with Gasteiger partial charge in [-0.25, -0.2) is 19.2 Å². The number of carbonyl (C=O) groups is 1. The Hall–Kier alpha value is -2.98. The Morgan fingerprint density at radius 1 is 1.44 bits per heavy atom. The number of benzene rings is 1. The Kier molecular flexibility index (Phi) is 4.08. The molecular weight excluding hydrogens is 347 g/mol. The molecule has 6 nitrogen and oxygen atoms in total. The molecule has 4 rings (SSSR count). The Bertz CT molecular complexity index is 969. The minimum absolute atomic E-state index is 0.171. The lowest BCUT2D eigenvalue weighted by Gasteiger charge is -2.37. The fourth-order valence-electron chi connectivity index (χ4n) is 3.72. The van der Waals surface area contributed by atoms with Crippen LogP contribution in [0.25, 0.3) is 0 Å². The number of halogens is 1. The second-order valence-electron chi connectivity index (χ2n) is 7.18. The van der Waals surface area contributed by atoms with Crippen molar-refractivity contribution >= 4 is 11.7 Å². The van der Waals surface area contributed by atoms with E-state index in [-0.39, 0.29) is 17.2 Å². The molecule has 0 saturated heterocycles. The van der Waals surface area contributed by atoms with Crippen LogP contribution < -0.4 is 0 Å². The van der Waals surface area contributed by atoms with Crippen molar-refractivity contribution in [3.8, 4) is 6.07 Å². The Morgan fingerprint density at radius 3 is 2.81 bits per heavy atom. The minimum atomic E-state index is -1.00. The standard InChI is InChI=1S/C20H19FN4O2/c1-11-7-18(16-6-5-15(21)8-14(16)9-22)23-19-17(20(26)27)10-24(25(11)19)12(2)13-3-4-13/h5-8,12-13H,3-4,10H2,1-2H3,(H,26,27)/t12-/m0/s1. The van der Waals surface area contributed by atoms with Gasteiger partial charge in [0.15, 0.2) is 5.82 Å². The number of aliphatic carboxylic acids is 1. The van der Waals surface area contributed by atoms with Crippen molar-refractivity contribution in [2.75, 3.05) is 6.54 Å². The van der Waals surface area contributed by atoms with Crippen LogP contribution in [0, 0.1) is 23.1 Å². The van der Waals surface area contributed by atoms with Gasteiger partial charge in [-0.05, 0) is 56.9 Å². The Morgan fingerprint density at radius 2 is 2.19 bits per heavy atom. The van der Waals surface area contributed by atoms with Crippen molar-refractivity contribution < 1.29 is 14.3 Å². The van der Waals surface area contributed by atoms with E-state index in [1.807, 2.05) is 24.1 Å². The molecule has 1 atom stereocenters. The quantitative estimate of drug-likeness (QED) is 0.886. The van der Waals surface area contributed by atoms with Crippen molar-refractivity contribution in [2.45, 2.75) is 32.7 Å². The van der Waals surface area contributed by atoms with E-state index in [4.69, 9.17) is 0 Å². The summed E-state index contributed by atoms with van der Waals surface area (Å²) in [4.78, 5) is 16.4. The van der Waals surface area contributed by atoms with E-state index in [1.165, 1.54) is 12.1 Å². The van der Waals surface area contributed by atoms with Crippen molar-refractivity contribution in [1.29, 1.82) is 5.26 Å². The average Bonchev–Trinajstić information content (AvgIpc) is 3.40. The first kappa shape index (κ1) is 17.4. The molecule has 27 heavy (non-hydrogen) atoms. The fourth-order valence-corrected chi connectivity index (χ4v) is 3.72. The van der Waals surface area contributed by atoms with E-state index < -0.39 is 11.8 Å². The summed E-state index contributed by atoms with van der Waals surface area (Å²) in [5.41, 5.74) is 2.18. The van der Waals surface area contributed by atoms with Gasteiger partial charge in [0.05, 0.1) is 29.5 Å². The van der Waals surface area contributed by atoms with Crippen molar-refractivity contribution in [2.24, 2.45) is 10.9 Å². The summed E-state index contributed by atoms with van der Waals surface area (Å²) in [7, 11) is 0. The predicted molar refractivity (Wildman–Crippen MR) is 96.8 cm³/mol. The highest BCUT2D eigenvalue weighted by Gasteiger charge is 2.43. The van der Waals surface area contributed by atoms with Crippen LogP contribution in [0.2, 0.25) is 0 Å². The Labute approximate surface area is 156 Å². The van der Waals surface area contributed by atoms with Gasteiger partial charge in [0.25, 0.3) is 0 Å². The highest BCUT2D eigenvalue weighted by molar-refractivity contribution is 6.12. The van der Waals surface area contributed by atoms with Crippen LogP contribution in [0.3, 0.4) is 0 Å². The van der Waals surface area contributed by atoms with Crippen LogP contribution in [-0.2, 0) is 4.79 Å². The molecule has 1 aliphatic carbocycles. The fraction of sp³-hybridized carbons (Fsp3) is 0.350. The highest BCUT2D eigenvalue weighted by Crippen LogP contribution is 2.41. The number of allylic oxidation sites excluding steroid dienone is 2. The molecule has 0 bridgehead atoms. The van der Waals surface area contributed by atoms with Crippen molar-refractivity contribution in [3.05, 3.63) is 58.3 Å². The maximum absolute atomic E-state index is 13.5. The van der Waals surface area contributed by atoms with Crippen LogP contribution in [0.4, 0.5) is 4.39 Å². The number of nitrogens with zero attached hydrogens (tertiary/aromatic N) is 4. The first-order valence-electron chi connectivity index (χ1n) is 8.91. The van der Waals surface area contributed by atoms with Crippen LogP contribution in [-0.4, -0.2) is 39.4 Å². The highest BCUT2D eigenvalue weighted by atomic mass is 19.1. The van der Waals surface area contributed by atoms with Gasteiger partial charge in [0.1, 0.15) is 5.82 Å². The van der Waals surface area contributed by atoms with Gasteiger partial charge in [-0.15, -0.1) is 0 Å². The average molecular weight is 366 g/mol. The van der Waals surface area contributed by atoms with Crippen molar-refractivity contribution in [3.63, 3.8) is 0 Å². The largest absolute Gasteiger partial charge is 0.478 e. The lowest BCUT2D eigenvalue weighted by molar-refractivity contribution is -0.132. The number of rotatable bonds is 4. The van der Waals surface area contributed by atoms with E-state index in [2.05, 4.69) is 16.9 Å². The molecule has 0 amide bonds. The van der Waals surface area contributed by atoms with E-state index in [9.17, 15) is 19.6 Å².